The average Bonchev–Trinajstić information content (AvgIpc) is 2.99. The van der Waals surface area contributed by atoms with Crippen LogP contribution in [0.1, 0.15) is 25.7 Å². The molecule has 2 atom stereocenters. The summed E-state index contributed by atoms with van der Waals surface area (Å²) in [5.74, 6) is -1.77. The average molecular weight is 424 g/mol. The molecule has 152 valence electrons. The topological polar surface area (TPSA) is 83.7 Å². The van der Waals surface area contributed by atoms with E-state index in [0.717, 1.165) is 35.7 Å². The van der Waals surface area contributed by atoms with Crippen LogP contribution in [0.15, 0.2) is 23.1 Å². The zero-order valence-electron chi connectivity index (χ0n) is 14.8. The van der Waals surface area contributed by atoms with E-state index in [1.54, 1.807) is 4.90 Å². The van der Waals surface area contributed by atoms with Crippen molar-refractivity contribution in [3.8, 4) is 0 Å². The fourth-order valence-electron chi connectivity index (χ4n) is 3.67. The molecule has 1 amide bonds. The molecule has 27 heavy (non-hydrogen) atoms. The largest absolute Gasteiger partial charge is 0.340 e. The minimum Gasteiger partial charge on any atom is -0.340 e. The van der Waals surface area contributed by atoms with Crippen LogP contribution in [0.25, 0.3) is 0 Å². The van der Waals surface area contributed by atoms with Crippen molar-refractivity contribution >= 4 is 28.3 Å². The van der Waals surface area contributed by atoms with Gasteiger partial charge in [-0.2, -0.15) is 4.31 Å². The highest BCUT2D eigenvalue weighted by Crippen LogP contribution is 2.28. The van der Waals surface area contributed by atoms with Crippen LogP contribution in [0.4, 0.5) is 8.78 Å². The molecule has 1 aliphatic carbocycles. The number of benzene rings is 1. The Kier molecular flexibility index (Phi) is 7.18. The number of nitrogens with two attached hydrogens (primary N) is 1. The molecule has 0 radical (unpaired) electrons. The predicted molar refractivity (Wildman–Crippen MR) is 98.9 cm³/mol. The lowest BCUT2D eigenvalue weighted by atomic mass is 9.99. The molecule has 6 nitrogen and oxygen atoms in total. The molecule has 1 heterocycles. The number of rotatable bonds is 4. The lowest BCUT2D eigenvalue weighted by Crippen LogP contribution is -2.51. The molecule has 0 unspecified atom stereocenters. The van der Waals surface area contributed by atoms with Crippen LogP contribution in [0, 0.1) is 17.6 Å². The molecule has 1 aromatic rings. The molecule has 10 heteroatoms. The Hall–Kier alpha value is -1.29. The number of amides is 1. The second-order valence-electron chi connectivity index (χ2n) is 6.92. The minimum absolute atomic E-state index is 0. The molecule has 3 rings (SSSR count). The van der Waals surface area contributed by atoms with Gasteiger partial charge in [-0.05, 0) is 30.9 Å². The molecular formula is C17H24ClF2N3O3S. The molecule has 2 aliphatic rings. The van der Waals surface area contributed by atoms with Crippen LogP contribution in [-0.2, 0) is 14.8 Å². The van der Waals surface area contributed by atoms with E-state index in [-0.39, 0.29) is 56.5 Å². The van der Waals surface area contributed by atoms with Crippen molar-refractivity contribution in [2.75, 3.05) is 26.2 Å². The van der Waals surface area contributed by atoms with Crippen LogP contribution in [-0.4, -0.2) is 55.8 Å². The quantitative estimate of drug-likeness (QED) is 0.799. The fraction of sp³-hybridized carbons (Fsp3) is 0.588. The first-order valence-corrected chi connectivity index (χ1v) is 10.2. The summed E-state index contributed by atoms with van der Waals surface area (Å²) in [7, 11) is -4.06. The number of hydrogen-bond acceptors (Lipinski definition) is 4. The fourth-order valence-corrected chi connectivity index (χ4v) is 5.14. The summed E-state index contributed by atoms with van der Waals surface area (Å²) in [6.45, 7) is 0.675. The summed E-state index contributed by atoms with van der Waals surface area (Å²) in [6, 6.07) is 2.46. The zero-order valence-corrected chi connectivity index (χ0v) is 16.4. The summed E-state index contributed by atoms with van der Waals surface area (Å²) >= 11 is 0. The molecule has 0 aromatic heterocycles. The molecule has 1 aliphatic heterocycles. The first-order chi connectivity index (χ1) is 12.3. The van der Waals surface area contributed by atoms with Crippen LogP contribution in [0.2, 0.25) is 0 Å². The predicted octanol–water partition coefficient (Wildman–Crippen LogP) is 1.74. The maximum Gasteiger partial charge on any atom is 0.246 e. The van der Waals surface area contributed by atoms with Crippen molar-refractivity contribution in [3.05, 3.63) is 29.8 Å². The van der Waals surface area contributed by atoms with E-state index in [0.29, 0.717) is 12.5 Å². The lowest BCUT2D eigenvalue weighted by Gasteiger charge is -2.34. The van der Waals surface area contributed by atoms with Gasteiger partial charge < -0.3 is 10.6 Å². The summed E-state index contributed by atoms with van der Waals surface area (Å²) in [5.41, 5.74) is 6.00. The molecule has 0 bridgehead atoms. The highest BCUT2D eigenvalue weighted by molar-refractivity contribution is 7.89. The number of carbonyl (C=O) groups excluding carboxylic acids is 1. The van der Waals surface area contributed by atoms with E-state index < -0.39 is 26.6 Å². The molecule has 0 spiro atoms. The first-order valence-electron chi connectivity index (χ1n) is 8.77. The Morgan fingerprint density at radius 1 is 1.15 bits per heavy atom. The van der Waals surface area contributed by atoms with Gasteiger partial charge in [0.15, 0.2) is 0 Å². The maximum absolute atomic E-state index is 13.8. The molecule has 2 N–H and O–H groups in total. The highest BCUT2D eigenvalue weighted by atomic mass is 35.5. The van der Waals surface area contributed by atoms with Gasteiger partial charge in [-0.15, -0.1) is 12.4 Å². The lowest BCUT2D eigenvalue weighted by molar-refractivity contribution is -0.133. The monoisotopic (exact) mass is 423 g/mol. The van der Waals surface area contributed by atoms with Crippen molar-refractivity contribution in [2.24, 2.45) is 11.7 Å². The van der Waals surface area contributed by atoms with Gasteiger partial charge >= 0.3 is 0 Å². The normalized spacial score (nSPS) is 23.9. The Morgan fingerprint density at radius 2 is 1.81 bits per heavy atom. The van der Waals surface area contributed by atoms with E-state index in [9.17, 15) is 22.0 Å². The summed E-state index contributed by atoms with van der Waals surface area (Å²) in [6.07, 6.45) is 3.31. The van der Waals surface area contributed by atoms with Crippen molar-refractivity contribution in [2.45, 2.75) is 36.6 Å². The standard InChI is InChI=1S/C17H23F2N3O3S.ClH/c18-13-4-5-16(14(19)11-13)26(24,25)22-8-6-21(7-9-22)17(23)10-12-2-1-3-15(12)20;/h4-5,11-12,15H,1-3,6-10,20H2;1H/t12-,15+;/m0./s1. The smallest absolute Gasteiger partial charge is 0.246 e. The SMILES string of the molecule is Cl.N[C@@H]1CCC[C@H]1CC(=O)N1CCN(S(=O)(=O)c2ccc(F)cc2F)CC1. The number of piperazine rings is 1. The van der Waals surface area contributed by atoms with Gasteiger partial charge in [0.2, 0.25) is 15.9 Å². The van der Waals surface area contributed by atoms with E-state index >= 15 is 0 Å². The van der Waals surface area contributed by atoms with E-state index in [1.165, 1.54) is 0 Å². The molecule has 1 saturated heterocycles. The van der Waals surface area contributed by atoms with Gasteiger partial charge in [-0.3, -0.25) is 4.79 Å². The number of carbonyl (C=O) groups is 1. The van der Waals surface area contributed by atoms with Gasteiger partial charge in [0.05, 0.1) is 0 Å². The van der Waals surface area contributed by atoms with Gasteiger partial charge in [0.1, 0.15) is 16.5 Å². The Morgan fingerprint density at radius 3 is 2.37 bits per heavy atom. The van der Waals surface area contributed by atoms with E-state index in [4.69, 9.17) is 5.73 Å². The second kappa shape index (κ2) is 8.81. The maximum atomic E-state index is 13.8. The first kappa shape index (κ1) is 22.0. The van der Waals surface area contributed by atoms with Gasteiger partial charge in [-0.1, -0.05) is 6.42 Å². The number of sulfonamides is 1. The molecule has 1 aromatic carbocycles. The van der Waals surface area contributed by atoms with Gasteiger partial charge in [0, 0.05) is 44.7 Å². The summed E-state index contributed by atoms with van der Waals surface area (Å²) < 4.78 is 53.1. The zero-order chi connectivity index (χ0) is 18.9. The van der Waals surface area contributed by atoms with Crippen molar-refractivity contribution in [3.63, 3.8) is 0 Å². The van der Waals surface area contributed by atoms with Gasteiger partial charge in [0.25, 0.3) is 0 Å². The van der Waals surface area contributed by atoms with Crippen LogP contribution < -0.4 is 5.73 Å². The highest BCUT2D eigenvalue weighted by Gasteiger charge is 2.33. The van der Waals surface area contributed by atoms with Crippen molar-refractivity contribution in [1.29, 1.82) is 0 Å². The summed E-state index contributed by atoms with van der Waals surface area (Å²) in [5, 5.41) is 0. The third-order valence-corrected chi connectivity index (χ3v) is 7.19. The Labute approximate surface area is 164 Å². The molecular weight excluding hydrogens is 400 g/mol. The Balaban J connectivity index is 0.00000261. The van der Waals surface area contributed by atoms with Gasteiger partial charge in [-0.25, -0.2) is 17.2 Å². The third kappa shape index (κ3) is 4.77. The third-order valence-electron chi connectivity index (χ3n) is 5.26. The van der Waals surface area contributed by atoms with Crippen LogP contribution >= 0.6 is 12.4 Å². The number of nitrogens with zero attached hydrogens (tertiary/aromatic N) is 2. The summed E-state index contributed by atoms with van der Waals surface area (Å²) in [4.78, 5) is 13.5. The number of halogens is 3. The molecule has 2 fully saturated rings. The Bertz CT molecular complexity index is 786. The van der Waals surface area contributed by atoms with Crippen LogP contribution in [0.5, 0.6) is 0 Å². The van der Waals surface area contributed by atoms with E-state index in [1.807, 2.05) is 0 Å². The van der Waals surface area contributed by atoms with E-state index in [2.05, 4.69) is 0 Å². The van der Waals surface area contributed by atoms with Crippen molar-refractivity contribution in [1.82, 2.24) is 9.21 Å². The minimum atomic E-state index is -4.06. The molecule has 1 saturated carbocycles. The second-order valence-corrected chi connectivity index (χ2v) is 8.82. The number of hydrogen-bond donors (Lipinski definition) is 1. The van der Waals surface area contributed by atoms with Crippen molar-refractivity contribution < 1.29 is 22.0 Å². The van der Waals surface area contributed by atoms with Crippen LogP contribution in [0.3, 0.4) is 0 Å².